The second kappa shape index (κ2) is 9.73. The van der Waals surface area contributed by atoms with E-state index in [9.17, 15) is 24.5 Å². The molecule has 9 nitrogen and oxygen atoms in total. The van der Waals surface area contributed by atoms with Gasteiger partial charge in [-0.15, -0.1) is 0 Å². The summed E-state index contributed by atoms with van der Waals surface area (Å²) in [7, 11) is 3.49. The lowest BCUT2D eigenvalue weighted by molar-refractivity contribution is -0.384. The Kier molecular flexibility index (Phi) is 6.82. The van der Waals surface area contributed by atoms with Gasteiger partial charge in [-0.2, -0.15) is 0 Å². The molecule has 0 radical (unpaired) electrons. The number of carbonyl (C=O) groups excluding carboxylic acids is 3. The lowest BCUT2D eigenvalue weighted by atomic mass is 9.85. The highest BCUT2D eigenvalue weighted by Gasteiger charge is 2.32. The summed E-state index contributed by atoms with van der Waals surface area (Å²) in [4.78, 5) is 49.1. The van der Waals surface area contributed by atoms with E-state index < -0.39 is 22.8 Å². The number of carbonyl (C=O) groups is 3. The molecule has 0 spiro atoms. The maximum Gasteiger partial charge on any atom is 0.339 e. The summed E-state index contributed by atoms with van der Waals surface area (Å²) < 4.78 is 14.8. The predicted octanol–water partition coefficient (Wildman–Crippen LogP) is 4.29. The SMILES string of the molecule is COC(=O)c1cc(-c2ccc([N+](=O)[O-])cc2)c(C(=O)OC)c(C(=O)OC)c1-c1ccccc1. The Labute approximate surface area is 188 Å². The molecule has 0 aromatic heterocycles. The van der Waals surface area contributed by atoms with Gasteiger partial charge < -0.3 is 14.2 Å². The largest absolute Gasteiger partial charge is 0.465 e. The zero-order chi connectivity index (χ0) is 24.1. The summed E-state index contributed by atoms with van der Waals surface area (Å²) in [5.41, 5.74) is 0.606. The van der Waals surface area contributed by atoms with E-state index in [1.165, 1.54) is 37.4 Å². The fourth-order valence-electron chi connectivity index (χ4n) is 3.47. The maximum atomic E-state index is 13.0. The van der Waals surface area contributed by atoms with Gasteiger partial charge in [-0.3, -0.25) is 10.1 Å². The van der Waals surface area contributed by atoms with Gasteiger partial charge in [0.25, 0.3) is 5.69 Å². The Morgan fingerprint density at radius 1 is 0.727 bits per heavy atom. The Balaban J connectivity index is 2.50. The lowest BCUT2D eigenvalue weighted by Gasteiger charge is -2.19. The van der Waals surface area contributed by atoms with Crippen molar-refractivity contribution in [3.63, 3.8) is 0 Å². The van der Waals surface area contributed by atoms with Crippen LogP contribution < -0.4 is 0 Å². The number of methoxy groups -OCH3 is 3. The second-order valence-electron chi connectivity index (χ2n) is 6.74. The summed E-state index contributed by atoms with van der Waals surface area (Å²) in [5, 5.41) is 11.0. The highest BCUT2D eigenvalue weighted by Crippen LogP contribution is 2.38. The number of nitrogens with zero attached hydrogens (tertiary/aromatic N) is 1. The van der Waals surface area contributed by atoms with Gasteiger partial charge in [-0.05, 0) is 34.9 Å². The van der Waals surface area contributed by atoms with Crippen molar-refractivity contribution >= 4 is 23.6 Å². The first kappa shape index (κ1) is 23.1. The van der Waals surface area contributed by atoms with Gasteiger partial charge in [0.05, 0.1) is 42.9 Å². The normalized spacial score (nSPS) is 10.3. The molecule has 0 bridgehead atoms. The van der Waals surface area contributed by atoms with Crippen molar-refractivity contribution in [2.75, 3.05) is 21.3 Å². The van der Waals surface area contributed by atoms with E-state index >= 15 is 0 Å². The molecule has 0 aliphatic carbocycles. The monoisotopic (exact) mass is 449 g/mol. The number of nitro benzene ring substituents is 1. The Bertz CT molecular complexity index is 1230. The quantitative estimate of drug-likeness (QED) is 0.236. The summed E-state index contributed by atoms with van der Waals surface area (Å²) in [6.07, 6.45) is 0. The molecule has 0 saturated heterocycles. The van der Waals surface area contributed by atoms with Crippen LogP contribution in [0.4, 0.5) is 5.69 Å². The zero-order valence-electron chi connectivity index (χ0n) is 18.0. The minimum Gasteiger partial charge on any atom is -0.465 e. The second-order valence-corrected chi connectivity index (χ2v) is 6.74. The van der Waals surface area contributed by atoms with Crippen LogP contribution in [0, 0.1) is 10.1 Å². The first-order chi connectivity index (χ1) is 15.8. The van der Waals surface area contributed by atoms with E-state index in [1.54, 1.807) is 30.3 Å². The first-order valence-corrected chi connectivity index (χ1v) is 9.60. The molecule has 0 aliphatic heterocycles. The fraction of sp³-hybridized carbons (Fsp3) is 0.125. The standard InChI is InChI=1S/C24H19NO8/c1-31-22(26)18-13-17(14-9-11-16(12-10-14)25(29)30)20(23(27)32-2)21(24(28)33-3)19(18)15-7-5-4-6-8-15/h4-13H,1-3H3. The van der Waals surface area contributed by atoms with Crippen molar-refractivity contribution in [1.29, 1.82) is 0 Å². The molecule has 33 heavy (non-hydrogen) atoms. The summed E-state index contributed by atoms with van der Waals surface area (Å²) in [5.74, 6) is -2.47. The number of benzene rings is 3. The molecule has 0 unspecified atom stereocenters. The van der Waals surface area contributed by atoms with Gasteiger partial charge in [0.15, 0.2) is 0 Å². The van der Waals surface area contributed by atoms with Crippen LogP contribution in [0.15, 0.2) is 60.7 Å². The van der Waals surface area contributed by atoms with Crippen molar-refractivity contribution in [2.24, 2.45) is 0 Å². The molecule has 0 fully saturated rings. The smallest absolute Gasteiger partial charge is 0.339 e. The van der Waals surface area contributed by atoms with Crippen LogP contribution in [-0.4, -0.2) is 44.2 Å². The molecule has 168 valence electrons. The van der Waals surface area contributed by atoms with E-state index in [0.717, 1.165) is 14.2 Å². The minimum atomic E-state index is -0.872. The Morgan fingerprint density at radius 2 is 1.27 bits per heavy atom. The number of non-ortho nitro benzene ring substituents is 1. The minimum absolute atomic E-state index is 0.00473. The average Bonchev–Trinajstić information content (AvgIpc) is 2.86. The van der Waals surface area contributed by atoms with E-state index in [1.807, 2.05) is 0 Å². The molecule has 0 atom stereocenters. The van der Waals surface area contributed by atoms with Crippen LogP contribution in [0.1, 0.15) is 31.1 Å². The van der Waals surface area contributed by atoms with Crippen molar-refractivity contribution in [2.45, 2.75) is 0 Å². The van der Waals surface area contributed by atoms with Gasteiger partial charge in [0, 0.05) is 17.7 Å². The van der Waals surface area contributed by atoms with E-state index in [0.29, 0.717) is 11.1 Å². The van der Waals surface area contributed by atoms with E-state index in [-0.39, 0.29) is 33.5 Å². The number of hydrogen-bond donors (Lipinski definition) is 0. The maximum absolute atomic E-state index is 13.0. The van der Waals surface area contributed by atoms with Gasteiger partial charge in [0.1, 0.15) is 0 Å². The number of ether oxygens (including phenoxy) is 3. The van der Waals surface area contributed by atoms with Crippen molar-refractivity contribution in [3.05, 3.63) is 87.5 Å². The lowest BCUT2D eigenvalue weighted by Crippen LogP contribution is -2.18. The molecule has 3 rings (SSSR count). The number of nitro groups is 1. The molecule has 3 aromatic carbocycles. The van der Waals surface area contributed by atoms with Crippen molar-refractivity contribution in [3.8, 4) is 22.3 Å². The molecule has 0 amide bonds. The molecule has 3 aromatic rings. The molecule has 9 heteroatoms. The van der Waals surface area contributed by atoms with E-state index in [4.69, 9.17) is 14.2 Å². The number of hydrogen-bond acceptors (Lipinski definition) is 8. The van der Waals surface area contributed by atoms with Crippen LogP contribution in [0.25, 0.3) is 22.3 Å². The van der Waals surface area contributed by atoms with Gasteiger partial charge in [-0.25, -0.2) is 14.4 Å². The molecule has 0 heterocycles. The Hall–Kier alpha value is -4.53. The van der Waals surface area contributed by atoms with Crippen molar-refractivity contribution < 1.29 is 33.5 Å². The summed E-state index contributed by atoms with van der Waals surface area (Å²) in [6, 6.07) is 15.2. The third-order valence-electron chi connectivity index (χ3n) is 4.96. The summed E-state index contributed by atoms with van der Waals surface area (Å²) in [6.45, 7) is 0. The van der Waals surface area contributed by atoms with Crippen LogP contribution in [-0.2, 0) is 14.2 Å². The molecule has 0 aliphatic rings. The highest BCUT2D eigenvalue weighted by atomic mass is 16.6. The predicted molar refractivity (Wildman–Crippen MR) is 118 cm³/mol. The first-order valence-electron chi connectivity index (χ1n) is 9.60. The molecular weight excluding hydrogens is 430 g/mol. The van der Waals surface area contributed by atoms with Gasteiger partial charge >= 0.3 is 17.9 Å². The third-order valence-corrected chi connectivity index (χ3v) is 4.96. The highest BCUT2D eigenvalue weighted by molar-refractivity contribution is 6.16. The number of rotatable bonds is 6. The van der Waals surface area contributed by atoms with Crippen LogP contribution in [0.2, 0.25) is 0 Å². The Morgan fingerprint density at radius 3 is 1.79 bits per heavy atom. The van der Waals surface area contributed by atoms with E-state index in [2.05, 4.69) is 0 Å². The molecular formula is C24H19NO8. The topological polar surface area (TPSA) is 122 Å². The van der Waals surface area contributed by atoms with Crippen LogP contribution in [0.3, 0.4) is 0 Å². The molecule has 0 saturated carbocycles. The van der Waals surface area contributed by atoms with Gasteiger partial charge in [-0.1, -0.05) is 30.3 Å². The van der Waals surface area contributed by atoms with Crippen molar-refractivity contribution in [1.82, 2.24) is 0 Å². The average molecular weight is 449 g/mol. The summed E-state index contributed by atoms with van der Waals surface area (Å²) >= 11 is 0. The fourth-order valence-corrected chi connectivity index (χ4v) is 3.47. The third kappa shape index (κ3) is 4.42. The molecule has 0 N–H and O–H groups in total. The van der Waals surface area contributed by atoms with Crippen LogP contribution >= 0.6 is 0 Å². The van der Waals surface area contributed by atoms with Crippen LogP contribution in [0.5, 0.6) is 0 Å². The van der Waals surface area contributed by atoms with Gasteiger partial charge in [0.2, 0.25) is 0 Å². The number of esters is 3. The zero-order valence-corrected chi connectivity index (χ0v) is 18.0.